The maximum absolute atomic E-state index is 11.9. The van der Waals surface area contributed by atoms with Gasteiger partial charge >= 0.3 is 0 Å². The summed E-state index contributed by atoms with van der Waals surface area (Å²) in [6.07, 6.45) is 2.24. The Bertz CT molecular complexity index is 540. The van der Waals surface area contributed by atoms with Crippen molar-refractivity contribution in [2.24, 2.45) is 4.99 Å². The summed E-state index contributed by atoms with van der Waals surface area (Å²) in [6.45, 7) is 0. The molecule has 3 rings (SSSR count). The molecule has 0 bridgehead atoms. The van der Waals surface area contributed by atoms with Crippen LogP contribution in [0.5, 0.6) is 0 Å². The van der Waals surface area contributed by atoms with Gasteiger partial charge in [-0.15, -0.1) is 0 Å². The lowest BCUT2D eigenvalue weighted by atomic mass is 10.1. The van der Waals surface area contributed by atoms with Crippen molar-refractivity contribution >= 4 is 35.1 Å². The van der Waals surface area contributed by atoms with Crippen molar-refractivity contribution in [2.75, 3.05) is 0 Å². The predicted octanol–water partition coefficient (Wildman–Crippen LogP) is 2.27. The number of carbonyl (C=O) groups excluding carboxylic acids is 1. The second-order valence-electron chi connectivity index (χ2n) is 4.45. The topological polar surface area (TPSA) is 53.5 Å². The minimum Gasteiger partial charge on any atom is -0.353 e. The molecular formula is C12H11Cl2N3O. The lowest BCUT2D eigenvalue weighted by Crippen LogP contribution is -2.37. The largest absolute Gasteiger partial charge is 0.353 e. The molecule has 1 aliphatic heterocycles. The molecular weight excluding hydrogens is 273 g/mol. The highest BCUT2D eigenvalue weighted by atomic mass is 35.5. The minimum absolute atomic E-state index is 0.178. The highest BCUT2D eigenvalue weighted by Crippen LogP contribution is 2.30. The molecule has 0 aromatic heterocycles. The van der Waals surface area contributed by atoms with Gasteiger partial charge in [-0.3, -0.25) is 10.1 Å². The Kier molecular flexibility index (Phi) is 2.92. The summed E-state index contributed by atoms with van der Waals surface area (Å²) < 4.78 is 0. The number of carbonyl (C=O) groups is 1. The molecule has 1 fully saturated rings. The monoisotopic (exact) mass is 283 g/mol. The van der Waals surface area contributed by atoms with Crippen molar-refractivity contribution in [1.82, 2.24) is 10.6 Å². The van der Waals surface area contributed by atoms with Gasteiger partial charge in [0.05, 0.1) is 0 Å². The van der Waals surface area contributed by atoms with Crippen molar-refractivity contribution in [3.63, 3.8) is 0 Å². The molecule has 2 aliphatic rings. The van der Waals surface area contributed by atoms with Gasteiger partial charge in [0.1, 0.15) is 0 Å². The third-order valence-corrected chi connectivity index (χ3v) is 3.50. The summed E-state index contributed by atoms with van der Waals surface area (Å²) >= 11 is 12.0. The lowest BCUT2D eigenvalue weighted by molar-refractivity contribution is -0.120. The number of nitrogens with zero attached hydrogens (tertiary/aromatic N) is 1. The average molecular weight is 284 g/mol. The van der Waals surface area contributed by atoms with Gasteiger partial charge in [0.25, 0.3) is 5.91 Å². The molecule has 1 aliphatic carbocycles. The molecule has 1 amide bonds. The van der Waals surface area contributed by atoms with Gasteiger partial charge in [-0.1, -0.05) is 23.2 Å². The van der Waals surface area contributed by atoms with Crippen LogP contribution in [0.2, 0.25) is 10.0 Å². The molecule has 94 valence electrons. The van der Waals surface area contributed by atoms with Crippen LogP contribution in [0.15, 0.2) is 23.2 Å². The van der Waals surface area contributed by atoms with Crippen LogP contribution in [0.4, 0.5) is 0 Å². The van der Waals surface area contributed by atoms with Crippen LogP contribution >= 0.6 is 23.2 Å². The van der Waals surface area contributed by atoms with Crippen LogP contribution in [0.25, 0.3) is 0 Å². The zero-order chi connectivity index (χ0) is 12.7. The Labute approximate surface area is 114 Å². The summed E-state index contributed by atoms with van der Waals surface area (Å²) in [4.78, 5) is 16.2. The van der Waals surface area contributed by atoms with Crippen LogP contribution in [0.3, 0.4) is 0 Å². The first-order chi connectivity index (χ1) is 8.63. The molecule has 4 nitrogen and oxygen atoms in total. The van der Waals surface area contributed by atoms with E-state index in [0.29, 0.717) is 27.6 Å². The normalized spacial score (nSPS) is 22.7. The molecule has 0 saturated heterocycles. The van der Waals surface area contributed by atoms with E-state index in [-0.39, 0.29) is 5.91 Å². The molecule has 1 saturated carbocycles. The Balaban J connectivity index is 1.88. The summed E-state index contributed by atoms with van der Waals surface area (Å²) in [5, 5.41) is 6.92. The van der Waals surface area contributed by atoms with E-state index in [9.17, 15) is 4.79 Å². The predicted molar refractivity (Wildman–Crippen MR) is 70.9 cm³/mol. The van der Waals surface area contributed by atoms with Gasteiger partial charge in [-0.2, -0.15) is 0 Å². The van der Waals surface area contributed by atoms with Crippen molar-refractivity contribution in [1.29, 1.82) is 0 Å². The van der Waals surface area contributed by atoms with Crippen molar-refractivity contribution in [3.05, 3.63) is 33.8 Å². The quantitative estimate of drug-likeness (QED) is 0.875. The molecule has 0 spiro atoms. The first kappa shape index (κ1) is 11.8. The Morgan fingerprint density at radius 3 is 2.83 bits per heavy atom. The highest BCUT2D eigenvalue weighted by molar-refractivity contribution is 6.34. The lowest BCUT2D eigenvalue weighted by Gasteiger charge is -2.07. The highest BCUT2D eigenvalue weighted by Gasteiger charge is 2.32. The van der Waals surface area contributed by atoms with Gasteiger partial charge in [-0.25, -0.2) is 4.99 Å². The number of hydrogen-bond acceptors (Lipinski definition) is 3. The van der Waals surface area contributed by atoms with E-state index in [1.165, 1.54) is 0 Å². The Morgan fingerprint density at radius 1 is 1.33 bits per heavy atom. The van der Waals surface area contributed by atoms with Crippen molar-refractivity contribution in [2.45, 2.75) is 24.9 Å². The van der Waals surface area contributed by atoms with Gasteiger partial charge in [0, 0.05) is 21.7 Å². The van der Waals surface area contributed by atoms with Gasteiger partial charge in [0.15, 0.2) is 12.0 Å². The molecule has 1 aromatic carbocycles. The maximum Gasteiger partial charge on any atom is 0.256 e. The maximum atomic E-state index is 11.9. The molecule has 1 unspecified atom stereocenters. The summed E-state index contributed by atoms with van der Waals surface area (Å²) in [5.74, 6) is 0.353. The van der Waals surface area contributed by atoms with E-state index in [0.717, 1.165) is 12.8 Å². The zero-order valence-corrected chi connectivity index (χ0v) is 10.9. The SMILES string of the molecule is O=C1NC(NC2CC2)=NC1c1cc(Cl)ccc1Cl. The first-order valence-electron chi connectivity index (χ1n) is 5.73. The van der Waals surface area contributed by atoms with E-state index < -0.39 is 6.04 Å². The second-order valence-corrected chi connectivity index (χ2v) is 5.30. The summed E-state index contributed by atoms with van der Waals surface area (Å²) in [5.41, 5.74) is 0.634. The zero-order valence-electron chi connectivity index (χ0n) is 9.41. The number of guanidine groups is 1. The van der Waals surface area contributed by atoms with E-state index >= 15 is 0 Å². The number of hydrogen-bond donors (Lipinski definition) is 2. The molecule has 1 heterocycles. The second kappa shape index (κ2) is 4.44. The number of benzene rings is 1. The molecule has 2 N–H and O–H groups in total. The fourth-order valence-corrected chi connectivity index (χ4v) is 2.24. The Morgan fingerprint density at radius 2 is 2.11 bits per heavy atom. The average Bonchev–Trinajstić information content (AvgIpc) is 3.06. The van der Waals surface area contributed by atoms with Crippen LogP contribution in [0.1, 0.15) is 24.4 Å². The number of amides is 1. The third kappa shape index (κ3) is 2.31. The molecule has 0 radical (unpaired) electrons. The fourth-order valence-electron chi connectivity index (χ4n) is 1.83. The number of halogens is 2. The number of aliphatic imine (C=N–C) groups is 1. The number of nitrogens with one attached hydrogen (secondary N) is 2. The van der Waals surface area contributed by atoms with E-state index in [1.54, 1.807) is 18.2 Å². The summed E-state index contributed by atoms with van der Waals surface area (Å²) in [7, 11) is 0. The third-order valence-electron chi connectivity index (χ3n) is 2.92. The van der Waals surface area contributed by atoms with Crippen molar-refractivity contribution < 1.29 is 4.79 Å². The fraction of sp³-hybridized carbons (Fsp3) is 0.333. The minimum atomic E-state index is -0.613. The molecule has 18 heavy (non-hydrogen) atoms. The van der Waals surface area contributed by atoms with Gasteiger partial charge in [0.2, 0.25) is 0 Å². The van der Waals surface area contributed by atoms with Crippen LogP contribution in [-0.4, -0.2) is 17.9 Å². The summed E-state index contributed by atoms with van der Waals surface area (Å²) in [6, 6.07) is 4.87. The van der Waals surface area contributed by atoms with Crippen molar-refractivity contribution in [3.8, 4) is 0 Å². The van der Waals surface area contributed by atoms with Crippen LogP contribution < -0.4 is 10.6 Å². The van der Waals surface area contributed by atoms with E-state index in [2.05, 4.69) is 15.6 Å². The van der Waals surface area contributed by atoms with Gasteiger partial charge in [-0.05, 0) is 31.0 Å². The molecule has 1 atom stereocenters. The molecule has 6 heteroatoms. The van der Waals surface area contributed by atoms with E-state index in [4.69, 9.17) is 23.2 Å². The van der Waals surface area contributed by atoms with Crippen LogP contribution in [0, 0.1) is 0 Å². The van der Waals surface area contributed by atoms with Crippen LogP contribution in [-0.2, 0) is 4.79 Å². The first-order valence-corrected chi connectivity index (χ1v) is 6.49. The smallest absolute Gasteiger partial charge is 0.256 e. The van der Waals surface area contributed by atoms with E-state index in [1.807, 2.05) is 0 Å². The Hall–Kier alpha value is -1.26. The standard InChI is InChI=1S/C12H11Cl2N3O/c13-6-1-4-9(14)8(5-6)10-11(18)17-12(16-10)15-7-2-3-7/h1,4-5,7,10H,2-3H2,(H2,15,16,17,18). The van der Waals surface area contributed by atoms with Gasteiger partial charge < -0.3 is 5.32 Å². The number of rotatable bonds is 2. The molecule has 1 aromatic rings.